The number of hydrogen-bond donors (Lipinski definition) is 0. The minimum atomic E-state index is -0.738. The Labute approximate surface area is 209 Å². The minimum absolute atomic E-state index is 0.0685. The molecule has 2 aliphatic heterocycles. The van der Waals surface area contributed by atoms with Gasteiger partial charge in [0, 0.05) is 49.9 Å². The molecule has 3 aromatic rings. The fraction of sp³-hybridized carbons (Fsp3) is 0.370. The molecule has 2 aromatic carbocycles. The Morgan fingerprint density at radius 3 is 2.43 bits per heavy atom. The van der Waals surface area contributed by atoms with Crippen LogP contribution < -0.4 is 4.74 Å². The van der Waals surface area contributed by atoms with Crippen LogP contribution in [0.4, 0.5) is 4.79 Å². The first-order valence-corrected chi connectivity index (χ1v) is 12.8. The third-order valence-corrected chi connectivity index (χ3v) is 8.19. The summed E-state index contributed by atoms with van der Waals surface area (Å²) in [4.78, 5) is 37.6. The number of benzene rings is 2. The molecule has 2 saturated heterocycles. The van der Waals surface area contributed by atoms with Crippen LogP contribution in [0.5, 0.6) is 5.75 Å². The molecule has 0 bridgehead atoms. The Morgan fingerprint density at radius 1 is 1.03 bits per heavy atom. The first kappa shape index (κ1) is 23.5. The van der Waals surface area contributed by atoms with Crippen molar-refractivity contribution >= 4 is 23.3 Å². The van der Waals surface area contributed by atoms with Crippen molar-refractivity contribution in [2.75, 3.05) is 33.8 Å². The number of thiazole rings is 1. The van der Waals surface area contributed by atoms with Gasteiger partial charge in [-0.25, -0.2) is 9.78 Å². The van der Waals surface area contributed by atoms with Gasteiger partial charge in [-0.2, -0.15) is 0 Å². The van der Waals surface area contributed by atoms with Gasteiger partial charge in [-0.1, -0.05) is 42.5 Å². The number of aromatic nitrogens is 1. The number of methoxy groups -OCH3 is 1. The number of carbonyl (C=O) groups is 2. The van der Waals surface area contributed by atoms with Crippen molar-refractivity contribution in [3.05, 3.63) is 71.2 Å². The Hall–Kier alpha value is -3.23. The maximum absolute atomic E-state index is 13.2. The van der Waals surface area contributed by atoms with Crippen LogP contribution in [0.3, 0.4) is 0 Å². The summed E-state index contributed by atoms with van der Waals surface area (Å²) < 4.78 is 5.24. The van der Waals surface area contributed by atoms with E-state index in [-0.39, 0.29) is 11.9 Å². The number of rotatable bonds is 7. The van der Waals surface area contributed by atoms with E-state index in [0.29, 0.717) is 25.8 Å². The van der Waals surface area contributed by atoms with Gasteiger partial charge in [0.1, 0.15) is 16.3 Å². The van der Waals surface area contributed by atoms with Crippen LogP contribution in [0, 0.1) is 0 Å². The molecule has 0 aliphatic carbocycles. The first-order chi connectivity index (χ1) is 17.0. The van der Waals surface area contributed by atoms with E-state index in [0.717, 1.165) is 41.5 Å². The third-order valence-electron chi connectivity index (χ3n) is 7.16. The van der Waals surface area contributed by atoms with Gasteiger partial charge in [-0.15, -0.1) is 11.3 Å². The van der Waals surface area contributed by atoms with Crippen LogP contribution in [-0.2, 0) is 17.8 Å². The second-order valence-corrected chi connectivity index (χ2v) is 10.3. The van der Waals surface area contributed by atoms with Crippen LogP contribution in [0.1, 0.15) is 23.3 Å². The molecule has 0 atom stereocenters. The quantitative estimate of drug-likeness (QED) is 0.462. The molecule has 1 aromatic heterocycles. The minimum Gasteiger partial charge on any atom is -0.497 e. The summed E-state index contributed by atoms with van der Waals surface area (Å²) in [6, 6.07) is 17.9. The zero-order valence-corrected chi connectivity index (χ0v) is 21.0. The van der Waals surface area contributed by atoms with Gasteiger partial charge in [0.25, 0.3) is 5.91 Å². The molecule has 2 aliphatic rings. The number of carbonyl (C=O) groups excluding carboxylic acids is 2. The van der Waals surface area contributed by atoms with Gasteiger partial charge in [-0.05, 0) is 37.0 Å². The van der Waals surface area contributed by atoms with E-state index in [1.807, 2.05) is 53.6 Å². The summed E-state index contributed by atoms with van der Waals surface area (Å²) in [5.41, 5.74) is 1.51. The number of likely N-dealkylation sites (tertiary alicyclic amines) is 1. The van der Waals surface area contributed by atoms with Gasteiger partial charge < -0.3 is 9.64 Å². The van der Waals surface area contributed by atoms with Gasteiger partial charge >= 0.3 is 6.03 Å². The topological polar surface area (TPSA) is 66.0 Å². The highest BCUT2D eigenvalue weighted by Gasteiger charge is 2.56. The normalized spacial score (nSPS) is 18.0. The van der Waals surface area contributed by atoms with Gasteiger partial charge in [0.05, 0.1) is 7.11 Å². The molecule has 5 rings (SSSR count). The molecule has 2 fully saturated rings. The summed E-state index contributed by atoms with van der Waals surface area (Å²) in [5.74, 6) is 0.739. The second-order valence-electron chi connectivity index (χ2n) is 9.20. The average Bonchev–Trinajstić information content (AvgIpc) is 3.43. The summed E-state index contributed by atoms with van der Waals surface area (Å²) in [7, 11) is 3.25. The molecular weight excluding hydrogens is 460 g/mol. The number of likely N-dealkylation sites (N-methyl/N-ethyl adjacent to an activating group) is 1. The van der Waals surface area contributed by atoms with E-state index in [2.05, 4.69) is 22.0 Å². The van der Waals surface area contributed by atoms with Crippen LogP contribution in [0.25, 0.3) is 10.6 Å². The number of amides is 3. The van der Waals surface area contributed by atoms with Crippen LogP contribution in [-0.4, -0.2) is 71.0 Å². The lowest BCUT2D eigenvalue weighted by Crippen LogP contribution is -2.56. The molecule has 0 unspecified atom stereocenters. The summed E-state index contributed by atoms with van der Waals surface area (Å²) in [6.45, 7) is 2.87. The highest BCUT2D eigenvalue weighted by Crippen LogP contribution is 2.37. The van der Waals surface area contributed by atoms with E-state index in [1.54, 1.807) is 25.5 Å². The molecule has 0 radical (unpaired) electrons. The number of nitrogens with zero attached hydrogens (tertiary/aromatic N) is 4. The largest absolute Gasteiger partial charge is 0.497 e. The molecule has 3 amide bonds. The molecule has 35 heavy (non-hydrogen) atoms. The van der Waals surface area contributed by atoms with Crippen LogP contribution in [0.2, 0.25) is 0 Å². The number of hydrogen-bond acceptors (Lipinski definition) is 6. The van der Waals surface area contributed by atoms with Crippen LogP contribution >= 0.6 is 11.3 Å². The third kappa shape index (κ3) is 4.56. The zero-order valence-electron chi connectivity index (χ0n) is 20.1. The highest BCUT2D eigenvalue weighted by atomic mass is 32.1. The van der Waals surface area contributed by atoms with Crippen molar-refractivity contribution in [1.29, 1.82) is 0 Å². The molecule has 182 valence electrons. The standard InChI is InChI=1S/C27H30N4O3S/c1-29-25(32)27(31(26(29)33)15-12-20-8-10-22(34-2)11-9-20)13-16-30(17-14-27)19-23-18-28-24(35-23)21-6-4-3-5-7-21/h3-11,18H,12-17,19H2,1-2H3. The van der Waals surface area contributed by atoms with E-state index < -0.39 is 5.54 Å². The van der Waals surface area contributed by atoms with Gasteiger partial charge in [0.15, 0.2) is 0 Å². The molecule has 7 nitrogen and oxygen atoms in total. The number of urea groups is 1. The smallest absolute Gasteiger partial charge is 0.327 e. The van der Waals surface area contributed by atoms with E-state index in [9.17, 15) is 9.59 Å². The maximum atomic E-state index is 13.2. The second kappa shape index (κ2) is 9.79. The Kier molecular flexibility index (Phi) is 6.58. The predicted octanol–water partition coefficient (Wildman–Crippen LogP) is 4.29. The Bertz CT molecular complexity index is 1190. The van der Waals surface area contributed by atoms with Crippen molar-refractivity contribution in [3.63, 3.8) is 0 Å². The van der Waals surface area contributed by atoms with Crippen LogP contribution in [0.15, 0.2) is 60.8 Å². The van der Waals surface area contributed by atoms with Crippen molar-refractivity contribution in [2.24, 2.45) is 0 Å². The molecule has 1 spiro atoms. The summed E-state index contributed by atoms with van der Waals surface area (Å²) in [6.07, 6.45) is 3.95. The number of imide groups is 1. The fourth-order valence-corrected chi connectivity index (χ4v) is 6.06. The lowest BCUT2D eigenvalue weighted by molar-refractivity contribution is -0.134. The highest BCUT2D eigenvalue weighted by molar-refractivity contribution is 7.15. The first-order valence-electron chi connectivity index (χ1n) is 12.0. The fourth-order valence-electron chi connectivity index (χ4n) is 5.10. The molecule has 3 heterocycles. The SMILES string of the molecule is COc1ccc(CCN2C(=O)N(C)C(=O)C23CCN(Cc2cnc(-c4ccccc4)s2)CC3)cc1. The molecule has 0 N–H and O–H groups in total. The van der Waals surface area contributed by atoms with Gasteiger partial charge in [-0.3, -0.25) is 14.6 Å². The van der Waals surface area contributed by atoms with E-state index >= 15 is 0 Å². The summed E-state index contributed by atoms with van der Waals surface area (Å²) >= 11 is 1.71. The zero-order chi connectivity index (χ0) is 24.4. The number of piperidine rings is 1. The Balaban J connectivity index is 1.24. The lowest BCUT2D eigenvalue weighted by Gasteiger charge is -2.42. The Morgan fingerprint density at radius 2 is 1.74 bits per heavy atom. The van der Waals surface area contributed by atoms with Gasteiger partial charge in [0.2, 0.25) is 0 Å². The maximum Gasteiger partial charge on any atom is 0.327 e. The van der Waals surface area contributed by atoms with Crippen molar-refractivity contribution in [1.82, 2.24) is 19.7 Å². The monoisotopic (exact) mass is 490 g/mol. The van der Waals surface area contributed by atoms with Crippen molar-refractivity contribution in [3.8, 4) is 16.3 Å². The molecular formula is C27H30N4O3S. The average molecular weight is 491 g/mol. The van der Waals surface area contributed by atoms with E-state index in [4.69, 9.17) is 4.74 Å². The lowest BCUT2D eigenvalue weighted by atomic mass is 9.85. The van der Waals surface area contributed by atoms with Crippen molar-refractivity contribution in [2.45, 2.75) is 31.3 Å². The number of ether oxygens (including phenoxy) is 1. The predicted molar refractivity (Wildman–Crippen MR) is 136 cm³/mol. The summed E-state index contributed by atoms with van der Waals surface area (Å²) in [5, 5.41) is 1.02. The molecule has 8 heteroatoms. The molecule has 0 saturated carbocycles. The van der Waals surface area contributed by atoms with E-state index in [1.165, 1.54) is 9.78 Å². The van der Waals surface area contributed by atoms with Crippen molar-refractivity contribution < 1.29 is 14.3 Å².